The van der Waals surface area contributed by atoms with Crippen LogP contribution < -0.4 is 4.90 Å². The predicted molar refractivity (Wildman–Crippen MR) is 233 cm³/mol. The van der Waals surface area contributed by atoms with Crippen molar-refractivity contribution >= 4 is 60.2 Å². The number of anilines is 2. The van der Waals surface area contributed by atoms with Crippen molar-refractivity contribution in [2.45, 2.75) is 6.92 Å². The van der Waals surface area contributed by atoms with Crippen molar-refractivity contribution in [3.63, 3.8) is 0 Å². The zero-order valence-electron chi connectivity index (χ0n) is 30.1. The number of benzene rings is 10. The lowest BCUT2D eigenvalue weighted by Crippen LogP contribution is -2.16. The van der Waals surface area contributed by atoms with Crippen molar-refractivity contribution in [1.82, 2.24) is 0 Å². The van der Waals surface area contributed by atoms with Crippen LogP contribution in [-0.2, 0) is 0 Å². The predicted octanol–water partition coefficient (Wildman–Crippen LogP) is 14.9. The van der Waals surface area contributed by atoms with Gasteiger partial charge < -0.3 is 4.90 Å². The third kappa shape index (κ3) is 5.41. The van der Waals surface area contributed by atoms with Crippen molar-refractivity contribution in [1.29, 1.82) is 0 Å². The molecule has 0 saturated carbocycles. The van der Waals surface area contributed by atoms with E-state index < -0.39 is 0 Å². The molecule has 0 aromatic heterocycles. The molecule has 0 radical (unpaired) electrons. The number of hydrogen-bond acceptors (Lipinski definition) is 1. The fourth-order valence-electron chi connectivity index (χ4n) is 8.29. The summed E-state index contributed by atoms with van der Waals surface area (Å²) in [6.45, 7) is 6.95. The lowest BCUT2D eigenvalue weighted by Gasteiger charge is -2.29. The molecule has 0 heterocycles. The minimum Gasteiger partial charge on any atom is -0.310 e. The molecule has 0 aliphatic carbocycles. The van der Waals surface area contributed by atoms with Gasteiger partial charge in [-0.25, -0.2) is 0 Å². The number of nitrogens with zero attached hydrogens (tertiary/aromatic N) is 1. The van der Waals surface area contributed by atoms with Crippen LogP contribution in [0.4, 0.5) is 11.4 Å². The Labute approximate surface area is 316 Å². The van der Waals surface area contributed by atoms with Gasteiger partial charge in [0.25, 0.3) is 0 Å². The fourth-order valence-corrected chi connectivity index (χ4v) is 8.29. The molecule has 10 rings (SSSR count). The van der Waals surface area contributed by atoms with Gasteiger partial charge in [-0.2, -0.15) is 0 Å². The minimum atomic E-state index is 0.922. The monoisotopic (exact) mass is 687 g/mol. The summed E-state index contributed by atoms with van der Waals surface area (Å²) in [7, 11) is 0. The Kier molecular flexibility index (Phi) is 7.59. The summed E-state index contributed by atoms with van der Waals surface area (Å²) >= 11 is 0. The zero-order valence-corrected chi connectivity index (χ0v) is 30.1. The van der Waals surface area contributed by atoms with Crippen LogP contribution in [0.2, 0.25) is 0 Å². The third-order valence-electron chi connectivity index (χ3n) is 11.1. The molecular formula is C53H37N. The Morgan fingerprint density at radius 1 is 0.407 bits per heavy atom. The highest BCUT2D eigenvalue weighted by molar-refractivity contribution is 6.25. The maximum atomic E-state index is 4.75. The lowest BCUT2D eigenvalue weighted by atomic mass is 9.89. The van der Waals surface area contributed by atoms with Gasteiger partial charge >= 0.3 is 0 Å². The molecule has 0 spiro atoms. The van der Waals surface area contributed by atoms with Crippen LogP contribution >= 0.6 is 0 Å². The van der Waals surface area contributed by atoms with Crippen molar-refractivity contribution in [2.24, 2.45) is 0 Å². The highest BCUT2D eigenvalue weighted by atomic mass is 15.1. The maximum absolute atomic E-state index is 4.75. The van der Waals surface area contributed by atoms with E-state index in [1.54, 1.807) is 0 Å². The Morgan fingerprint density at radius 2 is 0.963 bits per heavy atom. The van der Waals surface area contributed by atoms with Crippen LogP contribution in [0.25, 0.3) is 82.2 Å². The first-order valence-corrected chi connectivity index (χ1v) is 18.6. The largest absolute Gasteiger partial charge is 0.310 e. The quantitative estimate of drug-likeness (QED) is 0.151. The molecule has 0 amide bonds. The van der Waals surface area contributed by atoms with Crippen molar-refractivity contribution in [2.75, 3.05) is 4.90 Å². The molecule has 0 bridgehead atoms. The maximum Gasteiger partial charge on any atom is 0.0491 e. The molecule has 1 heteroatoms. The topological polar surface area (TPSA) is 3.24 Å². The molecule has 0 atom stereocenters. The summed E-state index contributed by atoms with van der Waals surface area (Å²) in [6.07, 6.45) is 0. The van der Waals surface area contributed by atoms with Gasteiger partial charge in [0.15, 0.2) is 0 Å². The number of rotatable bonds is 7. The molecule has 0 aliphatic heterocycles. The van der Waals surface area contributed by atoms with Gasteiger partial charge in [0.2, 0.25) is 0 Å². The second-order valence-corrected chi connectivity index (χ2v) is 14.3. The van der Waals surface area contributed by atoms with Gasteiger partial charge in [-0.3, -0.25) is 0 Å². The van der Waals surface area contributed by atoms with Crippen molar-refractivity contribution in [3.8, 4) is 33.4 Å². The van der Waals surface area contributed by atoms with Crippen LogP contribution in [0.1, 0.15) is 11.1 Å². The van der Waals surface area contributed by atoms with Crippen LogP contribution in [-0.4, -0.2) is 0 Å². The van der Waals surface area contributed by atoms with E-state index in [0.717, 1.165) is 22.6 Å². The summed E-state index contributed by atoms with van der Waals surface area (Å²) in [4.78, 5) is 2.31. The van der Waals surface area contributed by atoms with E-state index >= 15 is 0 Å². The van der Waals surface area contributed by atoms with E-state index in [1.807, 2.05) is 0 Å². The van der Waals surface area contributed by atoms with Gasteiger partial charge in [0.1, 0.15) is 0 Å². The first kappa shape index (κ1) is 31.7. The number of fused-ring (bicyclic) bond motifs is 1. The zero-order chi connectivity index (χ0) is 36.2. The van der Waals surface area contributed by atoms with E-state index in [1.165, 1.54) is 82.0 Å². The SMILES string of the molecule is C=C(c1ccc(-c2ccc3ccc4cccc5ccc2c3c45)cc1)N(c1ccc(-c2ccc3ccccc3c2)cc1)c1ccc(-c2ccccc2)cc1C. The molecule has 0 aliphatic rings. The third-order valence-corrected chi connectivity index (χ3v) is 11.1. The Hall–Kier alpha value is -6.96. The van der Waals surface area contributed by atoms with Crippen molar-refractivity contribution in [3.05, 3.63) is 212 Å². The Balaban J connectivity index is 1.04. The smallest absolute Gasteiger partial charge is 0.0491 e. The molecule has 0 saturated heterocycles. The van der Waals surface area contributed by atoms with Gasteiger partial charge in [-0.15, -0.1) is 0 Å². The first-order chi connectivity index (χ1) is 26.6. The second-order valence-electron chi connectivity index (χ2n) is 14.3. The summed E-state index contributed by atoms with van der Waals surface area (Å²) in [6, 6.07) is 70.5. The Morgan fingerprint density at radius 3 is 1.72 bits per heavy atom. The molecule has 0 unspecified atom stereocenters. The summed E-state index contributed by atoms with van der Waals surface area (Å²) in [5.41, 5.74) is 12.6. The van der Waals surface area contributed by atoms with E-state index in [9.17, 15) is 0 Å². The minimum absolute atomic E-state index is 0.922. The molecule has 54 heavy (non-hydrogen) atoms. The number of aryl methyl sites for hydroxylation is 1. The highest BCUT2D eigenvalue weighted by Crippen LogP contribution is 2.41. The standard InChI is InChI=1S/C53H37N/c1-35-33-46(38-9-4-3-5-10-38)27-32-51(35)54(48-28-23-40(24-29-48)47-22-17-39-11-6-7-12-45(39)34-47)36(2)37-15-18-41(19-16-37)49-30-25-44-21-20-42-13-8-14-43-26-31-50(49)53(44)52(42)43/h3-34H,2H2,1H3. The normalized spacial score (nSPS) is 11.5. The van der Waals surface area contributed by atoms with Crippen molar-refractivity contribution < 1.29 is 0 Å². The molecule has 254 valence electrons. The first-order valence-electron chi connectivity index (χ1n) is 18.6. The van der Waals surface area contributed by atoms with Crippen LogP contribution in [0.15, 0.2) is 201 Å². The molecule has 0 N–H and O–H groups in total. The summed E-state index contributed by atoms with van der Waals surface area (Å²) in [5.74, 6) is 0. The fraction of sp³-hybridized carbons (Fsp3) is 0.0189. The average Bonchev–Trinajstić information content (AvgIpc) is 3.24. The molecule has 10 aromatic rings. The molecule has 1 nitrogen and oxygen atoms in total. The van der Waals surface area contributed by atoms with Gasteiger partial charge in [0, 0.05) is 17.1 Å². The van der Waals surface area contributed by atoms with Gasteiger partial charge in [0.05, 0.1) is 0 Å². The van der Waals surface area contributed by atoms with E-state index in [4.69, 9.17) is 6.58 Å². The van der Waals surface area contributed by atoms with Gasteiger partial charge in [-0.1, -0.05) is 170 Å². The van der Waals surface area contributed by atoms with E-state index in [0.29, 0.717) is 0 Å². The number of hydrogen-bond donors (Lipinski definition) is 0. The van der Waals surface area contributed by atoms with Crippen LogP contribution in [0.3, 0.4) is 0 Å². The van der Waals surface area contributed by atoms with E-state index in [-0.39, 0.29) is 0 Å². The van der Waals surface area contributed by atoms with Gasteiger partial charge in [-0.05, 0) is 125 Å². The highest BCUT2D eigenvalue weighted by Gasteiger charge is 2.19. The lowest BCUT2D eigenvalue weighted by molar-refractivity contribution is 1.26. The Bertz CT molecular complexity index is 2970. The summed E-state index contributed by atoms with van der Waals surface area (Å²) < 4.78 is 0. The average molecular weight is 688 g/mol. The van der Waals surface area contributed by atoms with E-state index in [2.05, 4.69) is 206 Å². The summed E-state index contributed by atoms with van der Waals surface area (Å²) in [5, 5.41) is 10.3. The van der Waals surface area contributed by atoms with Crippen LogP contribution in [0, 0.1) is 6.92 Å². The molecule has 0 fully saturated rings. The van der Waals surface area contributed by atoms with Crippen LogP contribution in [0.5, 0.6) is 0 Å². The second kappa shape index (κ2) is 12.9. The molecule has 10 aromatic carbocycles. The molecular weight excluding hydrogens is 651 g/mol.